The van der Waals surface area contributed by atoms with Crippen LogP contribution in [0.2, 0.25) is 0 Å². The van der Waals surface area contributed by atoms with Crippen molar-refractivity contribution in [2.45, 2.75) is 33.1 Å². The SMILES string of the molecule is CCCCCOc1ccc(-c2c(C)[nH]c(=O)n2C)cc1. The van der Waals surface area contributed by atoms with E-state index in [4.69, 9.17) is 4.74 Å². The van der Waals surface area contributed by atoms with Crippen molar-refractivity contribution in [1.29, 1.82) is 0 Å². The second-order valence-electron chi connectivity index (χ2n) is 5.04. The molecule has 0 saturated carbocycles. The molecule has 0 atom stereocenters. The number of unbranched alkanes of at least 4 members (excludes halogenated alkanes) is 2. The van der Waals surface area contributed by atoms with Crippen LogP contribution in [0.5, 0.6) is 5.75 Å². The normalized spacial score (nSPS) is 10.8. The van der Waals surface area contributed by atoms with E-state index in [0.29, 0.717) is 0 Å². The summed E-state index contributed by atoms with van der Waals surface area (Å²) in [5.74, 6) is 0.878. The number of nitrogens with one attached hydrogen (secondary N) is 1. The van der Waals surface area contributed by atoms with Gasteiger partial charge in [0.1, 0.15) is 5.75 Å². The maximum Gasteiger partial charge on any atom is 0.325 e. The van der Waals surface area contributed by atoms with Crippen molar-refractivity contribution in [3.63, 3.8) is 0 Å². The molecule has 108 valence electrons. The van der Waals surface area contributed by atoms with E-state index in [1.54, 1.807) is 11.6 Å². The molecule has 2 aromatic rings. The molecule has 1 N–H and O–H groups in total. The molecule has 20 heavy (non-hydrogen) atoms. The number of nitrogens with zero attached hydrogens (tertiary/aromatic N) is 1. The summed E-state index contributed by atoms with van der Waals surface area (Å²) in [6.45, 7) is 4.85. The van der Waals surface area contributed by atoms with Gasteiger partial charge < -0.3 is 9.72 Å². The van der Waals surface area contributed by atoms with E-state index in [9.17, 15) is 4.79 Å². The van der Waals surface area contributed by atoms with E-state index in [1.165, 1.54) is 12.8 Å². The Morgan fingerprint density at radius 1 is 1.20 bits per heavy atom. The first-order valence-electron chi connectivity index (χ1n) is 7.12. The minimum absolute atomic E-state index is 0.0857. The third-order valence-corrected chi connectivity index (χ3v) is 3.43. The quantitative estimate of drug-likeness (QED) is 0.822. The molecule has 0 fully saturated rings. The Balaban J connectivity index is 2.10. The van der Waals surface area contributed by atoms with Crippen molar-refractivity contribution in [1.82, 2.24) is 9.55 Å². The zero-order chi connectivity index (χ0) is 14.5. The fraction of sp³-hybridized carbons (Fsp3) is 0.438. The van der Waals surface area contributed by atoms with Gasteiger partial charge in [-0.05, 0) is 37.6 Å². The molecule has 0 amide bonds. The van der Waals surface area contributed by atoms with Crippen LogP contribution < -0.4 is 10.4 Å². The molecule has 2 rings (SSSR count). The average molecular weight is 274 g/mol. The highest BCUT2D eigenvalue weighted by Gasteiger charge is 2.09. The Morgan fingerprint density at radius 2 is 1.90 bits per heavy atom. The Bertz CT molecular complexity index is 608. The fourth-order valence-electron chi connectivity index (χ4n) is 2.32. The van der Waals surface area contributed by atoms with Crippen LogP contribution >= 0.6 is 0 Å². The van der Waals surface area contributed by atoms with Crippen LogP contribution in [0.3, 0.4) is 0 Å². The highest BCUT2D eigenvalue weighted by atomic mass is 16.5. The van der Waals surface area contributed by atoms with Crippen LogP contribution in [0.4, 0.5) is 0 Å². The molecule has 0 radical (unpaired) electrons. The second-order valence-corrected chi connectivity index (χ2v) is 5.04. The van der Waals surface area contributed by atoms with Crippen LogP contribution in [0.25, 0.3) is 11.3 Å². The van der Waals surface area contributed by atoms with Crippen LogP contribution in [0.15, 0.2) is 29.1 Å². The van der Waals surface area contributed by atoms with Crippen molar-refractivity contribution in [3.8, 4) is 17.0 Å². The van der Waals surface area contributed by atoms with E-state index in [2.05, 4.69) is 11.9 Å². The largest absolute Gasteiger partial charge is 0.494 e. The Hall–Kier alpha value is -1.97. The van der Waals surface area contributed by atoms with Gasteiger partial charge in [-0.2, -0.15) is 0 Å². The molecule has 4 heteroatoms. The number of H-pyrrole nitrogens is 1. The molecule has 0 spiro atoms. The van der Waals surface area contributed by atoms with E-state index in [1.807, 2.05) is 31.2 Å². The van der Waals surface area contributed by atoms with Gasteiger partial charge in [-0.15, -0.1) is 0 Å². The number of benzene rings is 1. The van der Waals surface area contributed by atoms with Gasteiger partial charge >= 0.3 is 5.69 Å². The van der Waals surface area contributed by atoms with E-state index in [0.717, 1.165) is 35.7 Å². The molecule has 0 aliphatic heterocycles. The number of aryl methyl sites for hydroxylation is 1. The minimum Gasteiger partial charge on any atom is -0.494 e. The second kappa shape index (κ2) is 6.46. The molecule has 0 saturated heterocycles. The van der Waals surface area contributed by atoms with Gasteiger partial charge in [-0.1, -0.05) is 19.8 Å². The topological polar surface area (TPSA) is 47.0 Å². The molecular weight excluding hydrogens is 252 g/mol. The lowest BCUT2D eigenvalue weighted by Gasteiger charge is -2.08. The van der Waals surface area contributed by atoms with E-state index < -0.39 is 0 Å². The van der Waals surface area contributed by atoms with Gasteiger partial charge in [0.15, 0.2) is 0 Å². The highest BCUT2D eigenvalue weighted by Crippen LogP contribution is 2.23. The highest BCUT2D eigenvalue weighted by molar-refractivity contribution is 5.63. The maximum atomic E-state index is 11.6. The molecule has 1 aromatic heterocycles. The van der Waals surface area contributed by atoms with Gasteiger partial charge in [-0.3, -0.25) is 4.57 Å². The van der Waals surface area contributed by atoms with Crippen LogP contribution in [0, 0.1) is 6.92 Å². The molecule has 1 heterocycles. The predicted octanol–water partition coefficient (Wildman–Crippen LogP) is 3.26. The van der Waals surface area contributed by atoms with Crippen molar-refractivity contribution >= 4 is 0 Å². The lowest BCUT2D eigenvalue weighted by atomic mass is 10.1. The first kappa shape index (κ1) is 14.4. The van der Waals surface area contributed by atoms with Crippen molar-refractivity contribution in [2.75, 3.05) is 6.61 Å². The number of aromatic nitrogens is 2. The van der Waals surface area contributed by atoms with Crippen molar-refractivity contribution < 1.29 is 4.74 Å². The summed E-state index contributed by atoms with van der Waals surface area (Å²) in [7, 11) is 1.77. The molecule has 0 unspecified atom stereocenters. The number of imidazole rings is 1. The van der Waals surface area contributed by atoms with E-state index in [-0.39, 0.29) is 5.69 Å². The summed E-state index contributed by atoms with van der Waals surface area (Å²) in [5, 5.41) is 0. The van der Waals surface area contributed by atoms with Crippen molar-refractivity contribution in [2.24, 2.45) is 7.05 Å². The zero-order valence-corrected chi connectivity index (χ0v) is 12.4. The Morgan fingerprint density at radius 3 is 2.45 bits per heavy atom. The standard InChI is InChI=1S/C16H22N2O2/c1-4-5-6-11-20-14-9-7-13(8-10-14)15-12(2)17-16(19)18(15)3/h7-10H,4-6,11H2,1-3H3,(H,17,19). The third kappa shape index (κ3) is 3.13. The first-order valence-corrected chi connectivity index (χ1v) is 7.12. The first-order chi connectivity index (χ1) is 9.63. The average Bonchev–Trinajstić information content (AvgIpc) is 2.69. The lowest BCUT2D eigenvalue weighted by Crippen LogP contribution is -2.13. The van der Waals surface area contributed by atoms with Crippen LogP contribution in [-0.4, -0.2) is 16.2 Å². The summed E-state index contributed by atoms with van der Waals surface area (Å²) >= 11 is 0. The van der Waals surface area contributed by atoms with Crippen LogP contribution in [0.1, 0.15) is 31.9 Å². The predicted molar refractivity (Wildman–Crippen MR) is 81.2 cm³/mol. The monoisotopic (exact) mass is 274 g/mol. The van der Waals surface area contributed by atoms with E-state index >= 15 is 0 Å². The summed E-state index contributed by atoms with van der Waals surface area (Å²) in [5.41, 5.74) is 2.74. The number of hydrogen-bond donors (Lipinski definition) is 1. The van der Waals surface area contributed by atoms with Crippen LogP contribution in [-0.2, 0) is 7.05 Å². The number of ether oxygens (including phenoxy) is 1. The number of rotatable bonds is 6. The summed E-state index contributed by atoms with van der Waals surface area (Å²) in [6, 6.07) is 7.89. The third-order valence-electron chi connectivity index (χ3n) is 3.43. The Labute approximate surface area is 119 Å². The minimum atomic E-state index is -0.0857. The van der Waals surface area contributed by atoms with Gasteiger partial charge in [0.2, 0.25) is 0 Å². The smallest absolute Gasteiger partial charge is 0.325 e. The maximum absolute atomic E-state index is 11.6. The zero-order valence-electron chi connectivity index (χ0n) is 12.4. The number of aromatic amines is 1. The Kier molecular flexibility index (Phi) is 4.66. The van der Waals surface area contributed by atoms with Gasteiger partial charge in [0, 0.05) is 18.3 Å². The fourth-order valence-corrected chi connectivity index (χ4v) is 2.32. The summed E-state index contributed by atoms with van der Waals surface area (Å²) in [4.78, 5) is 14.4. The molecule has 0 aliphatic carbocycles. The summed E-state index contributed by atoms with van der Waals surface area (Å²) in [6.07, 6.45) is 3.48. The molecule has 1 aromatic carbocycles. The summed E-state index contributed by atoms with van der Waals surface area (Å²) < 4.78 is 7.32. The van der Waals surface area contributed by atoms with Gasteiger partial charge in [-0.25, -0.2) is 4.79 Å². The lowest BCUT2D eigenvalue weighted by molar-refractivity contribution is 0.306. The van der Waals surface area contributed by atoms with Gasteiger partial charge in [0.05, 0.1) is 12.3 Å². The molecule has 0 aliphatic rings. The van der Waals surface area contributed by atoms with Gasteiger partial charge in [0.25, 0.3) is 0 Å². The van der Waals surface area contributed by atoms with Crippen molar-refractivity contribution in [3.05, 3.63) is 40.4 Å². The molecular formula is C16H22N2O2. The number of hydrogen-bond acceptors (Lipinski definition) is 2. The molecule has 0 bridgehead atoms. The molecule has 4 nitrogen and oxygen atoms in total.